The fourth-order valence-electron chi connectivity index (χ4n) is 1.79. The highest BCUT2D eigenvalue weighted by Crippen LogP contribution is 2.34. The van der Waals surface area contributed by atoms with Crippen LogP contribution in [0.1, 0.15) is 25.8 Å². The number of fused-ring (bicyclic) bond motifs is 1. The molecule has 3 heteroatoms. The lowest BCUT2D eigenvalue weighted by Gasteiger charge is -2.35. The van der Waals surface area contributed by atoms with Gasteiger partial charge >= 0.3 is 0 Å². The molecule has 1 aliphatic heterocycles. The van der Waals surface area contributed by atoms with Crippen molar-refractivity contribution in [3.63, 3.8) is 0 Å². The van der Waals surface area contributed by atoms with Crippen molar-refractivity contribution in [3.05, 3.63) is 23.8 Å². The van der Waals surface area contributed by atoms with Gasteiger partial charge < -0.3 is 10.6 Å². The SMILES string of the molecule is CCC1(C)Nc2cccc(C)c2NC1=O. The second-order valence-electron chi connectivity index (χ2n) is 4.26. The monoisotopic (exact) mass is 204 g/mol. The number of para-hydroxylation sites is 1. The van der Waals surface area contributed by atoms with E-state index in [-0.39, 0.29) is 5.91 Å². The van der Waals surface area contributed by atoms with Gasteiger partial charge in [0.25, 0.3) is 0 Å². The molecule has 0 spiro atoms. The number of amides is 1. The molecule has 2 rings (SSSR count). The van der Waals surface area contributed by atoms with Crippen molar-refractivity contribution in [3.8, 4) is 0 Å². The smallest absolute Gasteiger partial charge is 0.249 e. The van der Waals surface area contributed by atoms with Gasteiger partial charge in [0.15, 0.2) is 0 Å². The van der Waals surface area contributed by atoms with Crippen LogP contribution in [0.15, 0.2) is 18.2 Å². The summed E-state index contributed by atoms with van der Waals surface area (Å²) >= 11 is 0. The van der Waals surface area contributed by atoms with Crippen LogP contribution in [-0.4, -0.2) is 11.4 Å². The van der Waals surface area contributed by atoms with E-state index in [9.17, 15) is 4.79 Å². The normalized spacial score (nSPS) is 24.1. The molecule has 0 saturated carbocycles. The molecule has 0 bridgehead atoms. The number of rotatable bonds is 1. The molecule has 2 N–H and O–H groups in total. The molecule has 1 heterocycles. The van der Waals surface area contributed by atoms with Gasteiger partial charge in [-0.15, -0.1) is 0 Å². The van der Waals surface area contributed by atoms with E-state index in [1.54, 1.807) is 0 Å². The van der Waals surface area contributed by atoms with Gasteiger partial charge in [0, 0.05) is 0 Å². The number of aryl methyl sites for hydroxylation is 1. The third kappa shape index (κ3) is 1.48. The Morgan fingerprint density at radius 1 is 1.40 bits per heavy atom. The average Bonchev–Trinajstić information content (AvgIpc) is 2.21. The Morgan fingerprint density at radius 2 is 2.13 bits per heavy atom. The van der Waals surface area contributed by atoms with Crippen LogP contribution in [-0.2, 0) is 4.79 Å². The summed E-state index contributed by atoms with van der Waals surface area (Å²) in [7, 11) is 0. The number of hydrogen-bond acceptors (Lipinski definition) is 2. The Hall–Kier alpha value is -1.51. The number of hydrogen-bond donors (Lipinski definition) is 2. The molecule has 80 valence electrons. The molecule has 1 aromatic rings. The summed E-state index contributed by atoms with van der Waals surface area (Å²) in [6, 6.07) is 5.99. The average molecular weight is 204 g/mol. The second kappa shape index (κ2) is 3.26. The first-order valence-corrected chi connectivity index (χ1v) is 5.26. The fraction of sp³-hybridized carbons (Fsp3) is 0.417. The van der Waals surface area contributed by atoms with Crippen molar-refractivity contribution in [2.75, 3.05) is 10.6 Å². The van der Waals surface area contributed by atoms with Crippen molar-refractivity contribution >= 4 is 17.3 Å². The number of nitrogens with one attached hydrogen (secondary N) is 2. The van der Waals surface area contributed by atoms with E-state index in [1.165, 1.54) is 0 Å². The highest BCUT2D eigenvalue weighted by molar-refractivity contribution is 6.06. The van der Waals surface area contributed by atoms with Crippen molar-refractivity contribution < 1.29 is 4.79 Å². The van der Waals surface area contributed by atoms with Gasteiger partial charge in [-0.2, -0.15) is 0 Å². The molecule has 0 fully saturated rings. The molecular formula is C12H16N2O. The molecule has 1 atom stereocenters. The lowest BCUT2D eigenvalue weighted by Crippen LogP contribution is -2.49. The molecular weight excluding hydrogens is 188 g/mol. The van der Waals surface area contributed by atoms with E-state index in [0.717, 1.165) is 23.4 Å². The van der Waals surface area contributed by atoms with Crippen LogP contribution in [0.2, 0.25) is 0 Å². The number of carbonyl (C=O) groups excluding carboxylic acids is 1. The summed E-state index contributed by atoms with van der Waals surface area (Å²) in [4.78, 5) is 11.9. The molecule has 1 unspecified atom stereocenters. The highest BCUT2D eigenvalue weighted by atomic mass is 16.2. The van der Waals surface area contributed by atoms with E-state index < -0.39 is 5.54 Å². The van der Waals surface area contributed by atoms with E-state index >= 15 is 0 Å². The predicted octanol–water partition coefficient (Wildman–Crippen LogP) is 2.53. The van der Waals surface area contributed by atoms with Gasteiger partial charge in [0.2, 0.25) is 5.91 Å². The zero-order valence-corrected chi connectivity index (χ0v) is 9.35. The maximum atomic E-state index is 11.9. The molecule has 1 aliphatic rings. The summed E-state index contributed by atoms with van der Waals surface area (Å²) in [5.41, 5.74) is 2.53. The maximum absolute atomic E-state index is 11.9. The third-order valence-electron chi connectivity index (χ3n) is 3.13. The molecule has 1 aromatic carbocycles. The van der Waals surface area contributed by atoms with Crippen LogP contribution in [0.25, 0.3) is 0 Å². The molecule has 3 nitrogen and oxygen atoms in total. The first kappa shape index (κ1) is 10.0. The minimum absolute atomic E-state index is 0.0480. The van der Waals surface area contributed by atoms with E-state index in [2.05, 4.69) is 10.6 Å². The van der Waals surface area contributed by atoms with Crippen molar-refractivity contribution in [1.29, 1.82) is 0 Å². The first-order valence-electron chi connectivity index (χ1n) is 5.26. The summed E-state index contributed by atoms with van der Waals surface area (Å²) in [5.74, 6) is 0.0480. The van der Waals surface area contributed by atoms with Gasteiger partial charge in [0.05, 0.1) is 11.4 Å². The van der Waals surface area contributed by atoms with Crippen molar-refractivity contribution in [2.24, 2.45) is 0 Å². The lowest BCUT2D eigenvalue weighted by molar-refractivity contribution is -0.120. The predicted molar refractivity (Wildman–Crippen MR) is 62.1 cm³/mol. The first-order chi connectivity index (χ1) is 7.07. The zero-order valence-electron chi connectivity index (χ0n) is 9.35. The minimum Gasteiger partial charge on any atom is -0.370 e. The summed E-state index contributed by atoms with van der Waals surface area (Å²) in [6.45, 7) is 5.93. The Balaban J connectivity index is 2.47. The summed E-state index contributed by atoms with van der Waals surface area (Å²) < 4.78 is 0. The largest absolute Gasteiger partial charge is 0.370 e. The van der Waals surface area contributed by atoms with Gasteiger partial charge in [-0.1, -0.05) is 19.1 Å². The maximum Gasteiger partial charge on any atom is 0.249 e. The van der Waals surface area contributed by atoms with Crippen LogP contribution < -0.4 is 10.6 Å². The quantitative estimate of drug-likeness (QED) is 0.738. The van der Waals surface area contributed by atoms with Gasteiger partial charge in [-0.3, -0.25) is 4.79 Å². The molecule has 0 saturated heterocycles. The van der Waals surface area contributed by atoms with Gasteiger partial charge in [-0.05, 0) is 31.9 Å². The van der Waals surface area contributed by atoms with Crippen molar-refractivity contribution in [1.82, 2.24) is 0 Å². The molecule has 1 amide bonds. The van der Waals surface area contributed by atoms with E-state index in [0.29, 0.717) is 0 Å². The van der Waals surface area contributed by atoms with Crippen LogP contribution >= 0.6 is 0 Å². The van der Waals surface area contributed by atoms with Gasteiger partial charge in [-0.25, -0.2) is 0 Å². The van der Waals surface area contributed by atoms with Crippen LogP contribution in [0.3, 0.4) is 0 Å². The molecule has 0 radical (unpaired) electrons. The van der Waals surface area contributed by atoms with Gasteiger partial charge in [0.1, 0.15) is 5.54 Å². The van der Waals surface area contributed by atoms with Crippen LogP contribution in [0.5, 0.6) is 0 Å². The Bertz CT molecular complexity index is 414. The lowest BCUT2D eigenvalue weighted by atomic mass is 9.93. The van der Waals surface area contributed by atoms with E-state index in [4.69, 9.17) is 0 Å². The fourth-order valence-corrected chi connectivity index (χ4v) is 1.79. The van der Waals surface area contributed by atoms with Crippen molar-refractivity contribution in [2.45, 2.75) is 32.7 Å². The van der Waals surface area contributed by atoms with E-state index in [1.807, 2.05) is 39.0 Å². The standard InChI is InChI=1S/C12H16N2O/c1-4-12(3)11(15)13-10-8(2)6-5-7-9(10)14-12/h5-7,14H,4H2,1-3H3,(H,13,15). The minimum atomic E-state index is -0.485. The Kier molecular flexibility index (Phi) is 2.18. The number of anilines is 2. The van der Waals surface area contributed by atoms with Crippen LogP contribution in [0, 0.1) is 6.92 Å². The van der Waals surface area contributed by atoms with Crippen LogP contribution in [0.4, 0.5) is 11.4 Å². The number of carbonyl (C=O) groups is 1. The number of benzene rings is 1. The molecule has 0 aliphatic carbocycles. The third-order valence-corrected chi connectivity index (χ3v) is 3.13. The zero-order chi connectivity index (χ0) is 11.1. The Morgan fingerprint density at radius 3 is 2.80 bits per heavy atom. The topological polar surface area (TPSA) is 41.1 Å². The summed E-state index contributed by atoms with van der Waals surface area (Å²) in [6.07, 6.45) is 0.770. The molecule has 15 heavy (non-hydrogen) atoms. The second-order valence-corrected chi connectivity index (χ2v) is 4.26. The highest BCUT2D eigenvalue weighted by Gasteiger charge is 2.35. The summed E-state index contributed by atoms with van der Waals surface area (Å²) in [5, 5.41) is 6.27. The molecule has 0 aromatic heterocycles. The Labute approximate surface area is 89.9 Å².